The molecular weight excluding hydrogens is 204 g/mol. The lowest BCUT2D eigenvalue weighted by molar-refractivity contribution is 0.0983. The first-order valence-electron chi connectivity index (χ1n) is 5.48. The molecule has 0 aliphatic heterocycles. The van der Waals surface area contributed by atoms with Gasteiger partial charge in [0.25, 0.3) is 0 Å². The smallest absolute Gasteiger partial charge is 0.176 e. The maximum absolute atomic E-state index is 12.2. The van der Waals surface area contributed by atoms with Crippen LogP contribution in [-0.2, 0) is 6.42 Å². The van der Waals surface area contributed by atoms with E-state index < -0.39 is 0 Å². The lowest BCUT2D eigenvalue weighted by atomic mass is 9.92. The molecule has 1 aliphatic carbocycles. The minimum Gasteiger partial charge on any atom is -0.293 e. The average molecular weight is 220 g/mol. The van der Waals surface area contributed by atoms with E-state index in [0.717, 1.165) is 18.4 Å². The lowest BCUT2D eigenvalue weighted by Crippen LogP contribution is -2.20. The molecule has 1 nitrogen and oxygen atoms in total. The number of rotatable bonds is 1. The third-order valence-electron chi connectivity index (χ3n) is 3.02. The highest BCUT2D eigenvalue weighted by molar-refractivity contribution is 7.99. The van der Waals surface area contributed by atoms with E-state index in [1.165, 1.54) is 18.4 Å². The molecule has 0 N–H and O–H groups in total. The van der Waals surface area contributed by atoms with Crippen LogP contribution in [0.15, 0.2) is 24.3 Å². The van der Waals surface area contributed by atoms with Crippen LogP contribution >= 0.6 is 11.8 Å². The molecule has 1 aromatic carbocycles. The van der Waals surface area contributed by atoms with Crippen molar-refractivity contribution in [1.29, 1.82) is 0 Å². The highest BCUT2D eigenvalue weighted by Gasteiger charge is 2.22. The molecule has 15 heavy (non-hydrogen) atoms. The molecule has 1 atom stereocenters. The van der Waals surface area contributed by atoms with E-state index in [-0.39, 0.29) is 5.25 Å². The Hall–Kier alpha value is -0.760. The fourth-order valence-corrected chi connectivity index (χ4v) is 2.90. The molecule has 0 amide bonds. The molecule has 1 aromatic rings. The second kappa shape index (κ2) is 4.84. The van der Waals surface area contributed by atoms with Crippen LogP contribution in [0, 0.1) is 0 Å². The van der Waals surface area contributed by atoms with Crippen LogP contribution in [0.3, 0.4) is 0 Å². The van der Waals surface area contributed by atoms with E-state index >= 15 is 0 Å². The van der Waals surface area contributed by atoms with E-state index in [1.807, 2.05) is 24.5 Å². The summed E-state index contributed by atoms with van der Waals surface area (Å²) in [5.41, 5.74) is 2.19. The second-order valence-corrected chi connectivity index (χ2v) is 5.03. The Bertz CT molecular complexity index is 359. The Labute approximate surface area is 95.3 Å². The number of benzene rings is 1. The third-order valence-corrected chi connectivity index (χ3v) is 4.04. The van der Waals surface area contributed by atoms with Crippen molar-refractivity contribution in [3.63, 3.8) is 0 Å². The first kappa shape index (κ1) is 10.7. The number of aryl methyl sites for hydroxylation is 1. The monoisotopic (exact) mass is 220 g/mol. The number of thioether (sulfide) groups is 1. The summed E-state index contributed by atoms with van der Waals surface area (Å²) in [4.78, 5) is 12.2. The maximum Gasteiger partial charge on any atom is 0.176 e. The van der Waals surface area contributed by atoms with Gasteiger partial charge in [-0.05, 0) is 31.1 Å². The second-order valence-electron chi connectivity index (χ2n) is 3.99. The molecule has 2 heteroatoms. The molecule has 0 heterocycles. The summed E-state index contributed by atoms with van der Waals surface area (Å²) >= 11 is 1.69. The minimum atomic E-state index is 0.173. The van der Waals surface area contributed by atoms with Crippen molar-refractivity contribution in [3.8, 4) is 0 Å². The van der Waals surface area contributed by atoms with E-state index in [9.17, 15) is 4.79 Å². The molecule has 80 valence electrons. The third kappa shape index (κ3) is 2.25. The van der Waals surface area contributed by atoms with Crippen LogP contribution in [0.1, 0.15) is 35.2 Å². The van der Waals surface area contributed by atoms with Crippen molar-refractivity contribution in [3.05, 3.63) is 35.4 Å². The Morgan fingerprint density at radius 1 is 1.27 bits per heavy atom. The molecule has 0 spiro atoms. The quantitative estimate of drug-likeness (QED) is 0.722. The molecular formula is C13H16OS. The number of ketones is 1. The highest BCUT2D eigenvalue weighted by Crippen LogP contribution is 2.25. The van der Waals surface area contributed by atoms with Gasteiger partial charge in [-0.1, -0.05) is 30.7 Å². The zero-order valence-corrected chi connectivity index (χ0v) is 9.85. The van der Waals surface area contributed by atoms with Crippen molar-refractivity contribution < 1.29 is 4.79 Å². The van der Waals surface area contributed by atoms with Crippen LogP contribution in [0.4, 0.5) is 0 Å². The van der Waals surface area contributed by atoms with Crippen LogP contribution in [0.2, 0.25) is 0 Å². The SMILES string of the molecule is CSC1CCCCc2ccccc2C1=O. The van der Waals surface area contributed by atoms with Crippen LogP contribution in [0.25, 0.3) is 0 Å². The Kier molecular flexibility index (Phi) is 3.47. The molecule has 2 rings (SSSR count). The first-order chi connectivity index (χ1) is 7.33. The van der Waals surface area contributed by atoms with Gasteiger partial charge in [-0.3, -0.25) is 4.79 Å². The molecule has 0 bridgehead atoms. The van der Waals surface area contributed by atoms with Gasteiger partial charge in [0.1, 0.15) is 0 Å². The fourth-order valence-electron chi connectivity index (χ4n) is 2.15. The number of hydrogen-bond donors (Lipinski definition) is 0. The number of Topliss-reactive ketones (excluding diaryl/α,β-unsaturated/α-hetero) is 1. The summed E-state index contributed by atoms with van der Waals surface area (Å²) in [7, 11) is 0. The van der Waals surface area contributed by atoms with Crippen LogP contribution < -0.4 is 0 Å². The minimum absolute atomic E-state index is 0.173. The predicted molar refractivity (Wildman–Crippen MR) is 65.6 cm³/mol. The lowest BCUT2D eigenvalue weighted by Gasteiger charge is -2.18. The van der Waals surface area contributed by atoms with Gasteiger partial charge in [0, 0.05) is 5.56 Å². The van der Waals surface area contributed by atoms with Gasteiger partial charge in [0.05, 0.1) is 5.25 Å². The van der Waals surface area contributed by atoms with Gasteiger partial charge in [0.2, 0.25) is 0 Å². The molecule has 0 saturated carbocycles. The molecule has 0 aromatic heterocycles. The highest BCUT2D eigenvalue weighted by atomic mass is 32.2. The average Bonchev–Trinajstić information content (AvgIpc) is 2.27. The zero-order valence-electron chi connectivity index (χ0n) is 9.03. The summed E-state index contributed by atoms with van der Waals surface area (Å²) in [6.07, 6.45) is 6.51. The van der Waals surface area contributed by atoms with Crippen LogP contribution in [-0.4, -0.2) is 17.3 Å². The number of fused-ring (bicyclic) bond motifs is 1. The number of carbonyl (C=O) groups excluding carboxylic acids is 1. The van der Waals surface area contributed by atoms with Crippen molar-refractivity contribution in [2.75, 3.05) is 6.26 Å². The normalized spacial score (nSPS) is 21.7. The molecule has 0 fully saturated rings. The van der Waals surface area contributed by atoms with Crippen molar-refractivity contribution in [2.45, 2.75) is 30.9 Å². The summed E-state index contributed by atoms with van der Waals surface area (Å²) in [5.74, 6) is 0.331. The van der Waals surface area contributed by atoms with Gasteiger partial charge >= 0.3 is 0 Å². The van der Waals surface area contributed by atoms with Crippen LogP contribution in [0.5, 0.6) is 0 Å². The zero-order chi connectivity index (χ0) is 10.7. The number of carbonyl (C=O) groups is 1. The molecule has 1 aliphatic rings. The maximum atomic E-state index is 12.2. The Balaban J connectivity index is 2.37. The summed E-state index contributed by atoms with van der Waals surface area (Å²) in [6, 6.07) is 8.07. The summed E-state index contributed by atoms with van der Waals surface area (Å²) in [6.45, 7) is 0. The largest absolute Gasteiger partial charge is 0.293 e. The Morgan fingerprint density at radius 2 is 2.07 bits per heavy atom. The summed E-state index contributed by atoms with van der Waals surface area (Å²) < 4.78 is 0. The molecule has 0 saturated heterocycles. The van der Waals surface area contributed by atoms with Gasteiger partial charge in [-0.2, -0.15) is 11.8 Å². The fraction of sp³-hybridized carbons (Fsp3) is 0.462. The van der Waals surface area contributed by atoms with Gasteiger partial charge in [0.15, 0.2) is 5.78 Å². The molecule has 0 radical (unpaired) electrons. The van der Waals surface area contributed by atoms with E-state index in [4.69, 9.17) is 0 Å². The standard InChI is InChI=1S/C13H16OS/c1-15-12-9-5-3-7-10-6-2-4-8-11(10)13(12)14/h2,4,6,8,12H,3,5,7,9H2,1H3. The van der Waals surface area contributed by atoms with Crippen molar-refractivity contribution >= 4 is 17.5 Å². The van der Waals surface area contributed by atoms with E-state index in [0.29, 0.717) is 5.78 Å². The van der Waals surface area contributed by atoms with Gasteiger partial charge in [-0.15, -0.1) is 0 Å². The summed E-state index contributed by atoms with van der Waals surface area (Å²) in [5, 5.41) is 0.173. The number of hydrogen-bond acceptors (Lipinski definition) is 2. The Morgan fingerprint density at radius 3 is 2.87 bits per heavy atom. The predicted octanol–water partition coefficient (Wildman–Crippen LogP) is 3.33. The molecule has 1 unspecified atom stereocenters. The first-order valence-corrected chi connectivity index (χ1v) is 6.76. The van der Waals surface area contributed by atoms with E-state index in [1.54, 1.807) is 11.8 Å². The van der Waals surface area contributed by atoms with E-state index in [2.05, 4.69) is 6.07 Å². The topological polar surface area (TPSA) is 17.1 Å². The van der Waals surface area contributed by atoms with Gasteiger partial charge in [-0.25, -0.2) is 0 Å². The van der Waals surface area contributed by atoms with Crippen molar-refractivity contribution in [2.24, 2.45) is 0 Å². The van der Waals surface area contributed by atoms with Crippen molar-refractivity contribution in [1.82, 2.24) is 0 Å². The van der Waals surface area contributed by atoms with Gasteiger partial charge < -0.3 is 0 Å².